The van der Waals surface area contributed by atoms with Crippen LogP contribution in [-0.2, 0) is 29.1 Å². The normalized spacial score (nSPS) is 17.1. The van der Waals surface area contributed by atoms with Crippen molar-refractivity contribution in [2.24, 2.45) is 5.92 Å². The highest BCUT2D eigenvalue weighted by Crippen LogP contribution is 2.45. The molecular formula is C28H26F4N3O5Si. The van der Waals surface area contributed by atoms with Gasteiger partial charge in [0.05, 0.1) is 41.2 Å². The van der Waals surface area contributed by atoms with Gasteiger partial charge in [0.2, 0.25) is 5.91 Å². The van der Waals surface area contributed by atoms with Gasteiger partial charge in [0, 0.05) is 17.0 Å². The van der Waals surface area contributed by atoms with Crippen molar-refractivity contribution in [3.05, 3.63) is 61.7 Å². The molecule has 3 heterocycles. The van der Waals surface area contributed by atoms with Gasteiger partial charge in [0.25, 0.3) is 11.2 Å². The van der Waals surface area contributed by atoms with Crippen LogP contribution in [0.5, 0.6) is 0 Å². The number of carbonyl (C=O) groups excluding carboxylic acids is 2. The Bertz CT molecular complexity index is 1670. The molecular weight excluding hydrogens is 562 g/mol. The third-order valence-corrected chi connectivity index (χ3v) is 8.21. The molecule has 1 aliphatic carbocycles. The molecule has 3 atom stereocenters. The molecule has 2 aromatic heterocycles. The highest BCUT2D eigenvalue weighted by atomic mass is 28.1. The van der Waals surface area contributed by atoms with Crippen molar-refractivity contribution < 1.29 is 37.0 Å². The monoisotopic (exact) mass is 588 g/mol. The second kappa shape index (κ2) is 10.4. The molecule has 0 unspecified atom stereocenters. The van der Waals surface area contributed by atoms with Crippen LogP contribution in [0.25, 0.3) is 22.3 Å². The van der Waals surface area contributed by atoms with E-state index in [1.54, 1.807) is 19.9 Å². The lowest BCUT2D eigenvalue weighted by molar-refractivity contribution is -0.179. The van der Waals surface area contributed by atoms with Gasteiger partial charge in [-0.05, 0) is 61.4 Å². The van der Waals surface area contributed by atoms with Gasteiger partial charge in [0.1, 0.15) is 18.3 Å². The molecule has 2 aliphatic rings. The SMILES string of the molecule is CC[C@H](O)c1cc2n(c(=O)c1COC(=O)[Si])Cc1c-2nc2cc(F)c(C)c3c2c1[C@H](NC(=O)[C@H](C)C(F)(F)F)CC3. The fourth-order valence-electron chi connectivity index (χ4n) is 5.75. The van der Waals surface area contributed by atoms with E-state index in [4.69, 9.17) is 9.72 Å². The first-order valence-electron chi connectivity index (χ1n) is 13.1. The highest BCUT2D eigenvalue weighted by molar-refractivity contribution is 6.55. The lowest BCUT2D eigenvalue weighted by Crippen LogP contribution is -2.40. The zero-order chi connectivity index (χ0) is 30.0. The molecule has 0 saturated heterocycles. The van der Waals surface area contributed by atoms with Crippen molar-refractivity contribution >= 4 is 32.6 Å². The number of halogens is 4. The van der Waals surface area contributed by atoms with Gasteiger partial charge < -0.3 is 19.7 Å². The number of nitrogens with zero attached hydrogens (tertiary/aromatic N) is 2. The number of ether oxygens (including phenoxy) is 1. The van der Waals surface area contributed by atoms with E-state index in [2.05, 4.69) is 15.6 Å². The lowest BCUT2D eigenvalue weighted by Gasteiger charge is -2.30. The second-order valence-electron chi connectivity index (χ2n) is 10.4. The molecule has 5 rings (SSSR count). The van der Waals surface area contributed by atoms with E-state index in [0.717, 1.165) is 6.92 Å². The Morgan fingerprint density at radius 3 is 2.63 bits per heavy atom. The number of alkyl halides is 3. The number of aryl methyl sites for hydroxylation is 1. The number of benzene rings is 1. The number of rotatable bonds is 6. The molecule has 0 spiro atoms. The van der Waals surface area contributed by atoms with Crippen molar-refractivity contribution in [1.82, 2.24) is 14.9 Å². The average Bonchev–Trinajstić information content (AvgIpc) is 3.28. The van der Waals surface area contributed by atoms with E-state index in [1.807, 2.05) is 0 Å². The Balaban J connectivity index is 1.74. The molecule has 8 nitrogen and oxygen atoms in total. The number of nitrogens with one attached hydrogen (secondary N) is 1. The maximum absolute atomic E-state index is 15.0. The van der Waals surface area contributed by atoms with Gasteiger partial charge in [-0.25, -0.2) is 9.37 Å². The summed E-state index contributed by atoms with van der Waals surface area (Å²) < 4.78 is 61.4. The van der Waals surface area contributed by atoms with Crippen LogP contribution in [0.2, 0.25) is 0 Å². The Morgan fingerprint density at radius 1 is 1.29 bits per heavy atom. The van der Waals surface area contributed by atoms with Crippen molar-refractivity contribution in [2.45, 2.75) is 71.5 Å². The molecule has 1 aromatic carbocycles. The number of aliphatic hydroxyl groups excluding tert-OH is 1. The molecule has 215 valence electrons. The number of aliphatic hydroxyl groups is 1. The van der Waals surface area contributed by atoms with Gasteiger partial charge in [-0.1, -0.05) is 6.92 Å². The molecule has 3 aromatic rings. The van der Waals surface area contributed by atoms with E-state index < -0.39 is 53.7 Å². The molecule has 0 bridgehead atoms. The molecule has 0 saturated carbocycles. The van der Waals surface area contributed by atoms with Crippen LogP contribution in [0.3, 0.4) is 0 Å². The Hall–Kier alpha value is -3.58. The number of aromatic nitrogens is 2. The van der Waals surface area contributed by atoms with E-state index in [0.29, 0.717) is 45.4 Å². The van der Waals surface area contributed by atoms with Crippen molar-refractivity contribution in [1.29, 1.82) is 0 Å². The topological polar surface area (TPSA) is 111 Å². The van der Waals surface area contributed by atoms with Crippen LogP contribution in [0.1, 0.15) is 72.2 Å². The molecule has 1 aliphatic heterocycles. The van der Waals surface area contributed by atoms with Gasteiger partial charge in [-0.15, -0.1) is 0 Å². The number of fused-ring (bicyclic) bond motifs is 4. The first kappa shape index (κ1) is 28.9. The highest BCUT2D eigenvalue weighted by Gasteiger charge is 2.43. The van der Waals surface area contributed by atoms with E-state index in [-0.39, 0.29) is 36.0 Å². The molecule has 0 fully saturated rings. The predicted octanol–water partition coefficient (Wildman–Crippen LogP) is 4.42. The molecule has 13 heteroatoms. The van der Waals surface area contributed by atoms with E-state index in [9.17, 15) is 37.1 Å². The standard InChI is InChI=1S/C28H26F4N3O5Si/c1-4-21(36)14-7-20-24-15(9-35(20)26(38)16(14)10-40-27(39)41)23-18(34-25(37)12(3)28(30,31)32)6-5-13-11(2)17(29)8-19(33-24)22(13)23/h7-8,12,18,21,36H,4-6,9-10H2,1-3H3,(H,34,37)/t12-,18+,21-/m0/s1. The number of hydrogen-bond donors (Lipinski definition) is 2. The minimum absolute atomic E-state index is 0.0316. The molecule has 41 heavy (non-hydrogen) atoms. The van der Waals surface area contributed by atoms with Crippen molar-refractivity contribution in [3.63, 3.8) is 0 Å². The lowest BCUT2D eigenvalue weighted by atomic mass is 9.81. The van der Waals surface area contributed by atoms with Crippen LogP contribution in [0, 0.1) is 18.7 Å². The number of pyridine rings is 2. The minimum Gasteiger partial charge on any atom is -0.466 e. The smallest absolute Gasteiger partial charge is 0.400 e. The van der Waals surface area contributed by atoms with Gasteiger partial charge in [-0.2, -0.15) is 13.2 Å². The van der Waals surface area contributed by atoms with Crippen LogP contribution < -0.4 is 10.9 Å². The number of amides is 1. The Kier molecular flexibility index (Phi) is 7.31. The number of hydrogen-bond acceptors (Lipinski definition) is 6. The average molecular weight is 589 g/mol. The maximum atomic E-state index is 15.0. The summed E-state index contributed by atoms with van der Waals surface area (Å²) in [6, 6.07) is 1.97. The number of carbonyl (C=O) groups is 2. The zero-order valence-electron chi connectivity index (χ0n) is 22.4. The second-order valence-corrected chi connectivity index (χ2v) is 10.8. The van der Waals surface area contributed by atoms with E-state index >= 15 is 0 Å². The minimum atomic E-state index is -4.74. The Morgan fingerprint density at radius 2 is 2.00 bits per heavy atom. The summed E-state index contributed by atoms with van der Waals surface area (Å²) in [4.78, 5) is 42.5. The Labute approximate surface area is 235 Å². The van der Waals surface area contributed by atoms with Crippen LogP contribution >= 0.6 is 0 Å². The largest absolute Gasteiger partial charge is 0.466 e. The van der Waals surface area contributed by atoms with Crippen LogP contribution in [-0.4, -0.2) is 42.6 Å². The summed E-state index contributed by atoms with van der Waals surface area (Å²) in [6.07, 6.45) is -5.03. The molecule has 1 amide bonds. The zero-order valence-corrected chi connectivity index (χ0v) is 23.4. The predicted molar refractivity (Wildman–Crippen MR) is 141 cm³/mol. The summed E-state index contributed by atoms with van der Waals surface area (Å²) in [6.45, 7) is 3.67. The van der Waals surface area contributed by atoms with Gasteiger partial charge >= 0.3 is 6.18 Å². The van der Waals surface area contributed by atoms with Crippen molar-refractivity contribution in [2.75, 3.05) is 0 Å². The summed E-state index contributed by atoms with van der Waals surface area (Å²) in [5.41, 5.74) is 1.85. The van der Waals surface area contributed by atoms with Gasteiger partial charge in [0.15, 0.2) is 10.2 Å². The summed E-state index contributed by atoms with van der Waals surface area (Å²) in [5, 5.41) is 13.8. The summed E-state index contributed by atoms with van der Waals surface area (Å²) >= 11 is 0. The van der Waals surface area contributed by atoms with Crippen molar-refractivity contribution in [3.8, 4) is 11.4 Å². The third-order valence-electron chi connectivity index (χ3n) is 8.06. The quantitative estimate of drug-likeness (QED) is 0.255. The molecule has 3 radical (unpaired) electrons. The van der Waals surface area contributed by atoms with Crippen LogP contribution in [0.4, 0.5) is 22.4 Å². The third kappa shape index (κ3) is 4.84. The first-order chi connectivity index (χ1) is 19.2. The first-order valence-corrected chi connectivity index (χ1v) is 13.6. The van der Waals surface area contributed by atoms with Crippen LogP contribution in [0.15, 0.2) is 16.9 Å². The fraction of sp³-hybridized carbons (Fsp3) is 0.429. The molecule has 2 N–H and O–H groups in total. The fourth-order valence-corrected chi connectivity index (χ4v) is 5.83. The summed E-state index contributed by atoms with van der Waals surface area (Å²) in [5.74, 6) is -3.94. The van der Waals surface area contributed by atoms with E-state index in [1.165, 1.54) is 10.6 Å². The summed E-state index contributed by atoms with van der Waals surface area (Å²) in [7, 11) is 2.71. The van der Waals surface area contributed by atoms with Gasteiger partial charge in [-0.3, -0.25) is 14.4 Å². The maximum Gasteiger partial charge on any atom is 0.400 e.